The first-order chi connectivity index (χ1) is 8.79. The quantitative estimate of drug-likeness (QED) is 0.735. The lowest BCUT2D eigenvalue weighted by Crippen LogP contribution is -1.93. The highest BCUT2D eigenvalue weighted by Gasteiger charge is 2.05. The van der Waals surface area contributed by atoms with Gasteiger partial charge in [-0.1, -0.05) is 0 Å². The number of nitrogens with two attached hydrogens (primary N) is 1. The molecule has 0 aliphatic heterocycles. The maximum atomic E-state index is 8.85. The topological polar surface area (TPSA) is 92.0 Å². The third-order valence-electron chi connectivity index (χ3n) is 2.06. The minimum Gasteiger partial charge on any atom is -0.384 e. The van der Waals surface area contributed by atoms with Gasteiger partial charge < -0.3 is 5.73 Å². The number of hydrogen-bond donors (Lipinski definition) is 2. The molecule has 0 bridgehead atoms. The lowest BCUT2D eigenvalue weighted by Gasteiger charge is -1.91. The fraction of sp³-hybridized carbons (Fsp3) is 0. The number of nitriles is 1. The van der Waals surface area contributed by atoms with E-state index >= 15 is 0 Å². The van der Waals surface area contributed by atoms with Gasteiger partial charge in [0.05, 0.1) is 11.2 Å². The van der Waals surface area contributed by atoms with Gasteiger partial charge in [0, 0.05) is 6.20 Å². The highest BCUT2D eigenvalue weighted by molar-refractivity contribution is 5.52. The van der Waals surface area contributed by atoms with Crippen molar-refractivity contribution in [3.63, 3.8) is 0 Å². The molecule has 0 radical (unpaired) electrons. The van der Waals surface area contributed by atoms with Crippen molar-refractivity contribution >= 4 is 11.6 Å². The van der Waals surface area contributed by atoms with Crippen LogP contribution in [0.2, 0.25) is 0 Å². The first-order valence-electron chi connectivity index (χ1n) is 5.08. The zero-order valence-electron chi connectivity index (χ0n) is 9.33. The number of hydrogen-bond acceptors (Lipinski definition) is 5. The second-order valence-electron chi connectivity index (χ2n) is 3.32. The van der Waals surface area contributed by atoms with Gasteiger partial charge in [-0.15, -0.1) is 0 Å². The molecule has 0 aromatic carbocycles. The molecule has 0 aliphatic carbocycles. The third kappa shape index (κ3) is 2.71. The highest BCUT2D eigenvalue weighted by atomic mass is 15.3. The minimum atomic E-state index is 0.385. The molecule has 0 fully saturated rings. The summed E-state index contributed by atoms with van der Waals surface area (Å²) < 4.78 is 0. The summed E-state index contributed by atoms with van der Waals surface area (Å²) in [7, 11) is 0. The first-order valence-corrected chi connectivity index (χ1v) is 5.08. The van der Waals surface area contributed by atoms with E-state index in [9.17, 15) is 0 Å². The van der Waals surface area contributed by atoms with Crippen molar-refractivity contribution in [2.24, 2.45) is 0 Å². The third-order valence-corrected chi connectivity index (χ3v) is 2.06. The highest BCUT2D eigenvalue weighted by Crippen LogP contribution is 2.09. The average molecular weight is 237 g/mol. The largest absolute Gasteiger partial charge is 0.384 e. The Bertz CT molecular complexity index is 645. The summed E-state index contributed by atoms with van der Waals surface area (Å²) in [5.41, 5.74) is 9.19. The molecule has 0 unspecified atom stereocenters. The number of rotatable bonds is 1. The summed E-state index contributed by atoms with van der Waals surface area (Å²) in [5, 5.41) is 8.85. The van der Waals surface area contributed by atoms with Gasteiger partial charge in [-0.3, -0.25) is 0 Å². The van der Waals surface area contributed by atoms with E-state index in [-0.39, 0.29) is 0 Å². The van der Waals surface area contributed by atoms with Gasteiger partial charge in [-0.25, -0.2) is 9.97 Å². The van der Waals surface area contributed by atoms with Crippen molar-refractivity contribution in [1.82, 2.24) is 9.97 Å². The van der Waals surface area contributed by atoms with Crippen LogP contribution in [0, 0.1) is 17.4 Å². The van der Waals surface area contributed by atoms with Gasteiger partial charge in [-0.05, 0) is 29.7 Å². The van der Waals surface area contributed by atoms with Crippen LogP contribution in [0.4, 0.5) is 11.6 Å². The van der Waals surface area contributed by atoms with Crippen LogP contribution < -0.4 is 11.2 Å². The number of aromatic nitrogens is 2. The summed E-state index contributed by atoms with van der Waals surface area (Å²) in [6, 6.07) is 11.4. The Morgan fingerprint density at radius 1 is 1.28 bits per heavy atom. The summed E-state index contributed by atoms with van der Waals surface area (Å²) in [5.74, 6) is 0.820. The molecule has 0 aliphatic rings. The normalized spacial score (nSPS) is 8.83. The van der Waals surface area contributed by atoms with Crippen LogP contribution in [0.25, 0.3) is 4.95 Å². The van der Waals surface area contributed by atoms with E-state index in [1.54, 1.807) is 36.7 Å². The predicted molar refractivity (Wildman–Crippen MR) is 67.6 cm³/mol. The minimum absolute atomic E-state index is 0.385. The van der Waals surface area contributed by atoms with Gasteiger partial charge in [0.1, 0.15) is 23.0 Å². The van der Waals surface area contributed by atoms with Crippen LogP contribution in [0.3, 0.4) is 0 Å². The maximum absolute atomic E-state index is 8.85. The molecular formula is C12H9N6+. The Balaban J connectivity index is 2.13. The number of pyridine rings is 2. The molecule has 0 saturated carbocycles. The van der Waals surface area contributed by atoms with Gasteiger partial charge in [0.25, 0.3) is 0 Å². The summed E-state index contributed by atoms with van der Waals surface area (Å²) in [6.07, 6.45) is 3.12. The first kappa shape index (κ1) is 11.4. The van der Waals surface area contributed by atoms with E-state index in [0.29, 0.717) is 22.8 Å². The van der Waals surface area contributed by atoms with E-state index in [1.807, 2.05) is 6.07 Å². The molecule has 6 nitrogen and oxygen atoms in total. The van der Waals surface area contributed by atoms with Crippen LogP contribution in [-0.2, 0) is 0 Å². The van der Waals surface area contributed by atoms with E-state index in [4.69, 9.17) is 11.0 Å². The molecule has 0 spiro atoms. The van der Waals surface area contributed by atoms with Crippen LogP contribution in [-0.4, -0.2) is 9.97 Å². The van der Waals surface area contributed by atoms with E-state index in [1.165, 1.54) is 0 Å². The van der Waals surface area contributed by atoms with Crippen molar-refractivity contribution in [1.29, 1.82) is 5.26 Å². The fourth-order valence-electron chi connectivity index (χ4n) is 1.20. The second-order valence-corrected chi connectivity index (χ2v) is 3.32. The van der Waals surface area contributed by atoms with Gasteiger partial charge in [0.15, 0.2) is 0 Å². The Labute approximate surface area is 104 Å². The summed E-state index contributed by atoms with van der Waals surface area (Å²) in [4.78, 5) is 11.7. The average Bonchev–Trinajstić information content (AvgIpc) is 2.41. The number of nitrogens with zero attached hydrogens (tertiary/aromatic N) is 4. The van der Waals surface area contributed by atoms with Gasteiger partial charge in [0.2, 0.25) is 5.82 Å². The molecular weight excluding hydrogens is 228 g/mol. The lowest BCUT2D eigenvalue weighted by atomic mass is 10.3. The molecule has 86 valence electrons. The zero-order valence-corrected chi connectivity index (χ0v) is 9.33. The summed E-state index contributed by atoms with van der Waals surface area (Å²) in [6.45, 7) is 0. The van der Waals surface area contributed by atoms with Crippen LogP contribution in [0.15, 0.2) is 36.7 Å². The Morgan fingerprint density at radius 3 is 2.89 bits per heavy atom. The molecule has 0 amide bonds. The number of nitrogen functional groups attached to an aromatic ring is 1. The molecule has 0 saturated heterocycles. The number of nitrogens with one attached hydrogen (secondary N) is 1. The molecule has 2 aromatic rings. The van der Waals surface area contributed by atoms with Crippen LogP contribution >= 0.6 is 0 Å². The van der Waals surface area contributed by atoms with E-state index in [0.717, 1.165) is 0 Å². The molecule has 6 heteroatoms. The van der Waals surface area contributed by atoms with Gasteiger partial charge >= 0.3 is 6.07 Å². The maximum Gasteiger partial charge on any atom is 0.359 e. The molecule has 2 heterocycles. The number of anilines is 2. The Morgan fingerprint density at radius 2 is 2.17 bits per heavy atom. The van der Waals surface area contributed by atoms with Crippen molar-refractivity contribution in [2.75, 3.05) is 11.2 Å². The smallest absolute Gasteiger partial charge is 0.359 e. The molecule has 0 atom stereocenters. The van der Waals surface area contributed by atoms with Crippen molar-refractivity contribution in [2.45, 2.75) is 0 Å². The monoisotopic (exact) mass is 237 g/mol. The zero-order chi connectivity index (χ0) is 12.8. The van der Waals surface area contributed by atoms with E-state index < -0.39 is 0 Å². The van der Waals surface area contributed by atoms with Gasteiger partial charge in [-0.2, -0.15) is 5.26 Å². The van der Waals surface area contributed by atoms with E-state index in [2.05, 4.69) is 26.4 Å². The standard InChI is InChI=1S/C12H8N6/c13-6-10-2-1-5-15-12(10)18-17-8-9-3-4-11(14)16-7-9/h1-5,7,14H,(H,15,18)/p+1. The summed E-state index contributed by atoms with van der Waals surface area (Å²) >= 11 is 0. The van der Waals surface area contributed by atoms with Crippen LogP contribution in [0.5, 0.6) is 0 Å². The Kier molecular flexibility index (Phi) is 3.34. The molecule has 18 heavy (non-hydrogen) atoms. The predicted octanol–water partition coefficient (Wildman–Crippen LogP) is 1.64. The molecule has 3 N–H and O–H groups in total. The SMILES string of the molecule is N#Cc1cccnc1N[N+]#Cc1ccc(N)nc1. The van der Waals surface area contributed by atoms with Crippen molar-refractivity contribution in [3.8, 4) is 12.1 Å². The van der Waals surface area contributed by atoms with Crippen molar-refractivity contribution in [3.05, 3.63) is 52.7 Å². The fourth-order valence-corrected chi connectivity index (χ4v) is 1.20. The molecule has 2 rings (SSSR count). The van der Waals surface area contributed by atoms with Crippen LogP contribution in [0.1, 0.15) is 11.1 Å². The second kappa shape index (κ2) is 5.28. The lowest BCUT2D eigenvalue weighted by molar-refractivity contribution is 1.28. The Hall–Kier alpha value is -3.12. The van der Waals surface area contributed by atoms with Crippen molar-refractivity contribution < 1.29 is 0 Å². The molecule has 2 aromatic heterocycles.